The minimum atomic E-state index is -2.48. The first-order chi connectivity index (χ1) is 29.9. The molecule has 0 saturated carbocycles. The molecule has 1 spiro atoms. The zero-order chi connectivity index (χ0) is 43.0. The zero-order valence-corrected chi connectivity index (χ0v) is 34.9. The normalized spacial score (nSPS) is 24.0. The lowest BCUT2D eigenvalue weighted by molar-refractivity contribution is -0.137. The number of imide groups is 2. The van der Waals surface area contributed by atoms with Gasteiger partial charge in [0.1, 0.15) is 11.8 Å². The van der Waals surface area contributed by atoms with Gasteiger partial charge in [0.15, 0.2) is 0 Å². The van der Waals surface area contributed by atoms with E-state index in [9.17, 15) is 32.8 Å². The molecule has 324 valence electrons. The Bertz CT molecular complexity index is 2460. The van der Waals surface area contributed by atoms with Crippen LogP contribution >= 0.6 is 0 Å². The quantitative estimate of drug-likeness (QED) is 0.237. The topological polar surface area (TPSA) is 151 Å². The van der Waals surface area contributed by atoms with Crippen LogP contribution in [-0.2, 0) is 33.9 Å². The smallest absolute Gasteiger partial charge is 0.262 e. The molecule has 3 atom stereocenters. The van der Waals surface area contributed by atoms with Gasteiger partial charge in [-0.25, -0.2) is 8.78 Å². The van der Waals surface area contributed by atoms with E-state index >= 15 is 0 Å². The Balaban J connectivity index is 0.755. The van der Waals surface area contributed by atoms with Crippen molar-refractivity contribution in [1.82, 2.24) is 35.1 Å². The number of aromatic amines is 1. The number of alkyl halides is 2. The van der Waals surface area contributed by atoms with Crippen LogP contribution in [0.15, 0.2) is 48.7 Å². The second kappa shape index (κ2) is 15.6. The molecule has 62 heavy (non-hydrogen) atoms. The summed E-state index contributed by atoms with van der Waals surface area (Å²) in [6.07, 6.45) is 4.02. The van der Waals surface area contributed by atoms with Crippen LogP contribution in [-0.4, -0.2) is 124 Å². The molecule has 6 aliphatic rings. The lowest BCUT2D eigenvalue weighted by Crippen LogP contribution is -2.54. The Kier molecular flexibility index (Phi) is 10.1. The highest BCUT2D eigenvalue weighted by atomic mass is 19.3. The number of fused-ring (bicyclic) bond motifs is 5. The second-order valence-corrected chi connectivity index (χ2v) is 18.1. The number of hydrogen-bond donors (Lipinski definition) is 2. The maximum absolute atomic E-state index is 14.1. The van der Waals surface area contributed by atoms with Crippen LogP contribution in [0.2, 0.25) is 0 Å². The van der Waals surface area contributed by atoms with Crippen molar-refractivity contribution >= 4 is 46.1 Å². The Morgan fingerprint density at radius 3 is 2.26 bits per heavy atom. The summed E-state index contributed by atoms with van der Waals surface area (Å²) in [5.41, 5.74) is 7.40. The summed E-state index contributed by atoms with van der Waals surface area (Å²) >= 11 is 0. The number of methoxy groups -OCH3 is 1. The molecule has 0 radical (unpaired) electrons. The third-order valence-electron chi connectivity index (χ3n) is 14.6. The molecule has 0 bridgehead atoms. The predicted octanol–water partition coefficient (Wildman–Crippen LogP) is 4.80. The summed E-state index contributed by atoms with van der Waals surface area (Å²) in [5.74, 6) is -1.37. The fraction of sp³-hybridized carbons (Fsp3) is 0.478. The van der Waals surface area contributed by atoms with E-state index in [1.54, 1.807) is 19.2 Å². The molecule has 14 nitrogen and oxygen atoms in total. The highest BCUT2D eigenvalue weighted by molar-refractivity contribution is 6.23. The van der Waals surface area contributed by atoms with Crippen molar-refractivity contribution in [2.75, 3.05) is 51.3 Å². The van der Waals surface area contributed by atoms with Crippen molar-refractivity contribution in [1.29, 1.82) is 0 Å². The number of carbonyl (C=O) groups is 5. The lowest BCUT2D eigenvalue weighted by Gasteiger charge is -2.47. The molecule has 5 amide bonds. The molecule has 6 aliphatic heterocycles. The van der Waals surface area contributed by atoms with E-state index < -0.39 is 42.1 Å². The van der Waals surface area contributed by atoms with Gasteiger partial charge in [-0.1, -0.05) is 12.1 Å². The van der Waals surface area contributed by atoms with Gasteiger partial charge in [0.2, 0.25) is 17.7 Å². The molecule has 16 heteroatoms. The summed E-state index contributed by atoms with van der Waals surface area (Å²) in [5, 5.41) is 10.6. The molecular weight excluding hydrogens is 799 g/mol. The maximum atomic E-state index is 14.1. The molecule has 7 heterocycles. The number of hydrogen-bond acceptors (Lipinski definition) is 10. The van der Waals surface area contributed by atoms with Crippen molar-refractivity contribution in [3.8, 4) is 5.75 Å². The van der Waals surface area contributed by atoms with Crippen molar-refractivity contribution in [2.45, 2.75) is 89.5 Å². The molecule has 3 unspecified atom stereocenters. The SMILES string of the molecule is COc1cc(N2CCC3(CCN(C(=O)CN4Cc5cc6c(cc5C4)C(=O)N(C4CCC(=O)NC4=O)C6=O)CC3)CC2)ccc1C1c2ccc3[nH]ncc3c2CC(C)N1CC(F)F. The van der Waals surface area contributed by atoms with Gasteiger partial charge in [-0.2, -0.15) is 5.10 Å². The Hall–Kier alpha value is -5.74. The third kappa shape index (κ3) is 6.91. The van der Waals surface area contributed by atoms with E-state index in [0.29, 0.717) is 38.3 Å². The van der Waals surface area contributed by atoms with E-state index in [1.807, 2.05) is 40.0 Å². The van der Waals surface area contributed by atoms with Crippen molar-refractivity contribution in [2.24, 2.45) is 5.41 Å². The van der Waals surface area contributed by atoms with Crippen LogP contribution in [0.25, 0.3) is 10.9 Å². The van der Waals surface area contributed by atoms with Gasteiger partial charge in [0, 0.05) is 74.4 Å². The van der Waals surface area contributed by atoms with E-state index in [-0.39, 0.29) is 54.4 Å². The van der Waals surface area contributed by atoms with Gasteiger partial charge in [0.05, 0.1) is 49.1 Å². The number of piperidine rings is 3. The molecule has 4 aromatic rings. The van der Waals surface area contributed by atoms with Crippen LogP contribution in [0.5, 0.6) is 5.75 Å². The summed E-state index contributed by atoms with van der Waals surface area (Å²) < 4.78 is 34.2. The molecule has 0 aliphatic carbocycles. The molecule has 2 N–H and O–H groups in total. The molecule has 10 rings (SSSR count). The average molecular weight is 849 g/mol. The number of aromatic nitrogens is 2. The molecule has 3 aromatic carbocycles. The van der Waals surface area contributed by atoms with Crippen molar-refractivity contribution in [3.05, 3.63) is 87.6 Å². The minimum Gasteiger partial charge on any atom is -0.496 e. The number of rotatable bonds is 8. The summed E-state index contributed by atoms with van der Waals surface area (Å²) in [7, 11) is 1.64. The van der Waals surface area contributed by atoms with Gasteiger partial charge >= 0.3 is 0 Å². The number of nitrogens with zero attached hydrogens (tertiary/aromatic N) is 6. The zero-order valence-electron chi connectivity index (χ0n) is 34.9. The number of benzene rings is 3. The summed E-state index contributed by atoms with van der Waals surface area (Å²) in [4.78, 5) is 73.7. The summed E-state index contributed by atoms with van der Waals surface area (Å²) in [6, 6.07) is 12.1. The number of carbonyl (C=O) groups excluding carboxylic acids is 5. The third-order valence-corrected chi connectivity index (χ3v) is 14.6. The standard InChI is InChI=1S/C46H50F2N8O6/c1-26-17-32-30(5-6-36-35(32)21-49-51-36)42(55(26)24-39(47)48)31-4-3-29(20-38(31)62-2)53-13-9-46(10-14-53)11-15-54(16-12-46)41(58)25-52-22-27-18-33-34(19-28(27)23-52)45(61)56(44(33)60)37-7-8-40(57)50-43(37)59/h3-6,18-21,26,37,39,42H,7-17,22-25H2,1-2H3,(H,49,51)(H,50,57,59). The van der Waals surface area contributed by atoms with Gasteiger partial charge in [-0.15, -0.1) is 0 Å². The summed E-state index contributed by atoms with van der Waals surface area (Å²) in [6.45, 7) is 5.97. The van der Waals surface area contributed by atoms with Crippen LogP contribution in [0.1, 0.15) is 100 Å². The Labute approximate surface area is 357 Å². The molecule has 1 aromatic heterocycles. The Morgan fingerprint density at radius 1 is 0.919 bits per heavy atom. The van der Waals surface area contributed by atoms with Crippen LogP contribution in [0.4, 0.5) is 14.5 Å². The lowest BCUT2D eigenvalue weighted by atomic mass is 9.71. The number of anilines is 1. The maximum Gasteiger partial charge on any atom is 0.262 e. The van der Waals surface area contributed by atoms with Gasteiger partial charge in [-0.3, -0.25) is 49.1 Å². The number of amides is 5. The Morgan fingerprint density at radius 2 is 1.60 bits per heavy atom. The number of likely N-dealkylation sites (tertiary alicyclic amines) is 1. The number of halogens is 2. The van der Waals surface area contributed by atoms with E-state index in [2.05, 4.69) is 38.6 Å². The van der Waals surface area contributed by atoms with Gasteiger partial charge in [-0.05, 0) is 97.4 Å². The highest BCUT2D eigenvalue weighted by Crippen LogP contribution is 2.46. The van der Waals surface area contributed by atoms with E-state index in [1.165, 1.54) is 0 Å². The first-order valence-corrected chi connectivity index (χ1v) is 21.7. The van der Waals surface area contributed by atoms with Crippen LogP contribution in [0, 0.1) is 5.41 Å². The minimum absolute atomic E-state index is 0.0648. The van der Waals surface area contributed by atoms with E-state index in [0.717, 1.165) is 88.1 Å². The largest absolute Gasteiger partial charge is 0.496 e. The first kappa shape index (κ1) is 40.3. The van der Waals surface area contributed by atoms with Crippen LogP contribution < -0.4 is 15.0 Å². The average Bonchev–Trinajstić information content (AvgIpc) is 3.96. The number of ether oxygens (including phenoxy) is 1. The predicted molar refractivity (Wildman–Crippen MR) is 224 cm³/mol. The van der Waals surface area contributed by atoms with Crippen molar-refractivity contribution < 1.29 is 37.5 Å². The van der Waals surface area contributed by atoms with E-state index in [4.69, 9.17) is 4.74 Å². The number of nitrogens with one attached hydrogen (secondary N) is 2. The fourth-order valence-electron chi connectivity index (χ4n) is 11.1. The van der Waals surface area contributed by atoms with Crippen molar-refractivity contribution in [3.63, 3.8) is 0 Å². The monoisotopic (exact) mass is 848 g/mol. The second-order valence-electron chi connectivity index (χ2n) is 18.1. The highest BCUT2D eigenvalue weighted by Gasteiger charge is 2.46. The molecule has 3 saturated heterocycles. The van der Waals surface area contributed by atoms with Gasteiger partial charge in [0.25, 0.3) is 18.2 Å². The van der Waals surface area contributed by atoms with Gasteiger partial charge < -0.3 is 14.5 Å². The number of H-pyrrole nitrogens is 1. The van der Waals surface area contributed by atoms with Crippen LogP contribution in [0.3, 0.4) is 0 Å². The molecule has 3 fully saturated rings. The fourth-order valence-corrected chi connectivity index (χ4v) is 11.1. The molecular formula is C46H50F2N8O6. The first-order valence-electron chi connectivity index (χ1n) is 21.7.